The topological polar surface area (TPSA) is 60.5 Å². The minimum atomic E-state index is -0.307. The third kappa shape index (κ3) is 3.46. The van der Waals surface area contributed by atoms with Crippen LogP contribution in [0.4, 0.5) is 0 Å². The summed E-state index contributed by atoms with van der Waals surface area (Å²) in [5, 5.41) is 2.88. The molecule has 2 unspecified atom stereocenters. The van der Waals surface area contributed by atoms with Crippen molar-refractivity contribution in [1.29, 1.82) is 0 Å². The molecule has 7 heteroatoms. The molecule has 1 aromatic heterocycles. The maximum atomic E-state index is 12.0. The van der Waals surface area contributed by atoms with Crippen LogP contribution in [0.1, 0.15) is 31.1 Å². The lowest BCUT2D eigenvalue weighted by molar-refractivity contribution is -0.132. The Hall–Kier alpha value is -0.660. The molecular weight excluding hydrogens is 332 g/mol. The van der Waals surface area contributed by atoms with E-state index in [1.54, 1.807) is 7.11 Å². The molecule has 106 valence electrons. The van der Waals surface area contributed by atoms with E-state index in [-0.39, 0.29) is 18.1 Å². The molecule has 1 N–H and O–H groups in total. The first-order valence-electron chi connectivity index (χ1n) is 6.26. The number of carbonyl (C=O) groups excluding carboxylic acids is 1. The first-order chi connectivity index (χ1) is 9.15. The molecule has 2 atom stereocenters. The Bertz CT molecular complexity index is 452. The molecule has 1 aliphatic rings. The predicted octanol–water partition coefficient (Wildman–Crippen LogP) is 2.49. The third-order valence-electron chi connectivity index (χ3n) is 3.14. The smallest absolute Gasteiger partial charge is 0.249 e. The largest absolute Gasteiger partial charge is 0.480 e. The van der Waals surface area contributed by atoms with E-state index in [0.717, 1.165) is 28.6 Å². The molecule has 19 heavy (non-hydrogen) atoms. The molecule has 1 aliphatic heterocycles. The summed E-state index contributed by atoms with van der Waals surface area (Å²) in [6, 6.07) is 0. The highest BCUT2D eigenvalue weighted by atomic mass is 79.9. The summed E-state index contributed by atoms with van der Waals surface area (Å²) in [7, 11) is 1.57. The van der Waals surface area contributed by atoms with Crippen LogP contribution in [0.15, 0.2) is 4.47 Å². The van der Waals surface area contributed by atoms with Crippen LogP contribution in [0.5, 0.6) is 5.88 Å². The number of methoxy groups -OCH3 is 1. The second-order valence-corrected chi connectivity index (χ2v) is 6.03. The first-order valence-corrected chi connectivity index (χ1v) is 7.83. The summed E-state index contributed by atoms with van der Waals surface area (Å²) >= 11 is 4.72. The van der Waals surface area contributed by atoms with E-state index in [4.69, 9.17) is 9.47 Å². The monoisotopic (exact) mass is 348 g/mol. The van der Waals surface area contributed by atoms with Gasteiger partial charge in [0.25, 0.3) is 0 Å². The summed E-state index contributed by atoms with van der Waals surface area (Å²) < 4.78 is 15.7. The number of ether oxygens (including phenoxy) is 2. The van der Waals surface area contributed by atoms with Crippen LogP contribution in [0, 0.1) is 0 Å². The molecule has 0 radical (unpaired) electrons. The van der Waals surface area contributed by atoms with Crippen molar-refractivity contribution >= 4 is 33.4 Å². The maximum Gasteiger partial charge on any atom is 0.249 e. The van der Waals surface area contributed by atoms with Gasteiger partial charge in [0.05, 0.1) is 29.1 Å². The van der Waals surface area contributed by atoms with Crippen molar-refractivity contribution in [2.45, 2.75) is 44.9 Å². The fourth-order valence-corrected chi connectivity index (χ4v) is 3.40. The Labute approximate surface area is 125 Å². The number of hydrogen-bond acceptors (Lipinski definition) is 5. The average molecular weight is 349 g/mol. The van der Waals surface area contributed by atoms with Crippen molar-refractivity contribution in [2.24, 2.45) is 0 Å². The Morgan fingerprint density at radius 1 is 1.63 bits per heavy atom. The van der Waals surface area contributed by atoms with Crippen molar-refractivity contribution in [3.8, 4) is 5.88 Å². The standard InChI is InChI=1S/C12H17BrN2O3S/c1-3-7-4-5-8(18-7)11(16)14-6-9-10(13)12(17-2)15-19-9/h7-8H,3-6H2,1-2H3,(H,14,16). The Kier molecular flexibility index (Phi) is 5.18. The molecule has 1 aromatic rings. The number of hydrogen-bond donors (Lipinski definition) is 1. The molecule has 0 aromatic carbocycles. The minimum Gasteiger partial charge on any atom is -0.480 e. The lowest BCUT2D eigenvalue weighted by Crippen LogP contribution is -2.34. The summed E-state index contributed by atoms with van der Waals surface area (Å²) in [6.45, 7) is 2.52. The van der Waals surface area contributed by atoms with Gasteiger partial charge < -0.3 is 14.8 Å². The van der Waals surface area contributed by atoms with Crippen LogP contribution in [-0.4, -0.2) is 29.6 Å². The van der Waals surface area contributed by atoms with E-state index < -0.39 is 0 Å². The highest BCUT2D eigenvalue weighted by Gasteiger charge is 2.29. The van der Waals surface area contributed by atoms with Gasteiger partial charge in [0.2, 0.25) is 11.8 Å². The van der Waals surface area contributed by atoms with Crippen LogP contribution in [-0.2, 0) is 16.1 Å². The summed E-state index contributed by atoms with van der Waals surface area (Å²) in [5.41, 5.74) is 0. The Balaban J connectivity index is 1.85. The van der Waals surface area contributed by atoms with Gasteiger partial charge in [-0.15, -0.1) is 0 Å². The fraction of sp³-hybridized carbons (Fsp3) is 0.667. The third-order valence-corrected chi connectivity index (χ3v) is 5.05. The number of nitrogens with one attached hydrogen (secondary N) is 1. The molecular formula is C12H17BrN2O3S. The van der Waals surface area contributed by atoms with E-state index in [1.807, 2.05) is 0 Å². The van der Waals surface area contributed by atoms with Crippen molar-refractivity contribution in [1.82, 2.24) is 9.69 Å². The van der Waals surface area contributed by atoms with E-state index in [2.05, 4.69) is 32.5 Å². The number of aromatic nitrogens is 1. The van der Waals surface area contributed by atoms with Crippen molar-refractivity contribution < 1.29 is 14.3 Å². The second-order valence-electron chi connectivity index (χ2n) is 4.38. The molecule has 1 amide bonds. The normalized spacial score (nSPS) is 22.5. The molecule has 5 nitrogen and oxygen atoms in total. The Morgan fingerprint density at radius 2 is 2.42 bits per heavy atom. The molecule has 1 saturated heterocycles. The first kappa shape index (κ1) is 14.7. The van der Waals surface area contributed by atoms with Gasteiger partial charge in [0.15, 0.2) is 0 Å². The number of carbonyl (C=O) groups is 1. The van der Waals surface area contributed by atoms with Crippen LogP contribution in [0.25, 0.3) is 0 Å². The summed E-state index contributed by atoms with van der Waals surface area (Å²) in [5.74, 6) is 0.507. The van der Waals surface area contributed by atoms with Gasteiger partial charge in [-0.25, -0.2) is 0 Å². The quantitative estimate of drug-likeness (QED) is 0.887. The number of nitrogens with zero attached hydrogens (tertiary/aromatic N) is 1. The molecule has 0 spiro atoms. The van der Waals surface area contributed by atoms with Crippen LogP contribution in [0.3, 0.4) is 0 Å². The number of halogens is 1. The van der Waals surface area contributed by atoms with Crippen LogP contribution < -0.4 is 10.1 Å². The van der Waals surface area contributed by atoms with E-state index in [0.29, 0.717) is 12.4 Å². The minimum absolute atomic E-state index is 0.0461. The molecule has 0 aliphatic carbocycles. The van der Waals surface area contributed by atoms with Crippen molar-refractivity contribution in [3.05, 3.63) is 9.35 Å². The predicted molar refractivity (Wildman–Crippen MR) is 76.4 cm³/mol. The van der Waals surface area contributed by atoms with Gasteiger partial charge in [0, 0.05) is 0 Å². The van der Waals surface area contributed by atoms with Gasteiger partial charge in [0.1, 0.15) is 6.10 Å². The molecule has 0 bridgehead atoms. The van der Waals surface area contributed by atoms with Gasteiger partial charge in [-0.1, -0.05) is 6.92 Å². The van der Waals surface area contributed by atoms with Gasteiger partial charge in [-0.3, -0.25) is 4.79 Å². The molecule has 1 fully saturated rings. The second kappa shape index (κ2) is 6.67. The van der Waals surface area contributed by atoms with Crippen molar-refractivity contribution in [2.75, 3.05) is 7.11 Å². The lowest BCUT2D eigenvalue weighted by Gasteiger charge is -2.12. The average Bonchev–Trinajstić information content (AvgIpc) is 3.03. The van der Waals surface area contributed by atoms with E-state index >= 15 is 0 Å². The zero-order valence-corrected chi connectivity index (χ0v) is 13.3. The number of amides is 1. The van der Waals surface area contributed by atoms with E-state index in [1.165, 1.54) is 11.5 Å². The number of rotatable bonds is 5. The van der Waals surface area contributed by atoms with Crippen LogP contribution >= 0.6 is 27.5 Å². The van der Waals surface area contributed by atoms with Gasteiger partial charge >= 0.3 is 0 Å². The summed E-state index contributed by atoms with van der Waals surface area (Å²) in [4.78, 5) is 12.9. The molecule has 2 heterocycles. The van der Waals surface area contributed by atoms with E-state index in [9.17, 15) is 4.79 Å². The molecule has 2 rings (SSSR count). The lowest BCUT2D eigenvalue weighted by atomic mass is 10.1. The van der Waals surface area contributed by atoms with Crippen LogP contribution in [0.2, 0.25) is 0 Å². The maximum absolute atomic E-state index is 12.0. The SMILES string of the molecule is CCC1CCC(C(=O)NCc2snc(OC)c2Br)O1. The zero-order chi connectivity index (χ0) is 13.8. The zero-order valence-electron chi connectivity index (χ0n) is 10.9. The van der Waals surface area contributed by atoms with Gasteiger partial charge in [-0.2, -0.15) is 4.37 Å². The fourth-order valence-electron chi connectivity index (χ4n) is 2.01. The highest BCUT2D eigenvalue weighted by molar-refractivity contribution is 9.10. The Morgan fingerprint density at radius 3 is 3.00 bits per heavy atom. The van der Waals surface area contributed by atoms with Crippen molar-refractivity contribution in [3.63, 3.8) is 0 Å². The molecule has 0 saturated carbocycles. The summed E-state index contributed by atoms with van der Waals surface area (Å²) in [6.07, 6.45) is 2.65. The highest BCUT2D eigenvalue weighted by Crippen LogP contribution is 2.31. The van der Waals surface area contributed by atoms with Gasteiger partial charge in [-0.05, 0) is 46.7 Å².